The first-order valence-corrected chi connectivity index (χ1v) is 12.5. The number of likely N-dealkylation sites (tertiary alicyclic amines) is 1. The molecule has 37 heavy (non-hydrogen) atoms. The van der Waals surface area contributed by atoms with E-state index in [1.165, 1.54) is 12.1 Å². The number of hydrogen-bond acceptors (Lipinski definition) is 4. The lowest BCUT2D eigenvalue weighted by Crippen LogP contribution is -2.38. The molecule has 1 aliphatic carbocycles. The highest BCUT2D eigenvalue weighted by atomic mass is 19.1. The molecule has 1 saturated carbocycles. The van der Waals surface area contributed by atoms with E-state index in [2.05, 4.69) is 5.32 Å². The molecule has 192 valence electrons. The number of halogens is 1. The Bertz CT molecular complexity index is 1290. The monoisotopic (exact) mass is 502 g/mol. The zero-order valence-electron chi connectivity index (χ0n) is 21.3. The molecule has 1 N–H and O–H groups in total. The molecule has 3 atom stereocenters. The second kappa shape index (κ2) is 10.2. The van der Waals surface area contributed by atoms with E-state index in [1.807, 2.05) is 36.1 Å². The Morgan fingerprint density at radius 3 is 2.14 bits per heavy atom. The average molecular weight is 503 g/mol. The second-order valence-electron chi connectivity index (χ2n) is 9.89. The average Bonchev–Trinajstić information content (AvgIpc) is 3.32. The van der Waals surface area contributed by atoms with Crippen LogP contribution in [0.2, 0.25) is 0 Å². The van der Waals surface area contributed by atoms with Crippen LogP contribution in [0.5, 0.6) is 11.5 Å². The number of nitrogens with zero attached hydrogens (tertiary/aromatic N) is 1. The molecular weight excluding hydrogens is 471 g/mol. The lowest BCUT2D eigenvalue weighted by atomic mass is 9.97. The maximum Gasteiger partial charge on any atom is 0.254 e. The number of hydrogen-bond donors (Lipinski definition) is 1. The predicted octanol–water partition coefficient (Wildman–Crippen LogP) is 4.17. The number of rotatable bonds is 8. The smallest absolute Gasteiger partial charge is 0.254 e. The lowest BCUT2D eigenvalue weighted by Gasteiger charge is -2.21. The van der Waals surface area contributed by atoms with E-state index < -0.39 is 0 Å². The summed E-state index contributed by atoms with van der Waals surface area (Å²) < 4.78 is 24.1. The van der Waals surface area contributed by atoms with E-state index in [-0.39, 0.29) is 35.5 Å². The summed E-state index contributed by atoms with van der Waals surface area (Å²) in [6.07, 6.45) is 0.934. The summed E-state index contributed by atoms with van der Waals surface area (Å²) >= 11 is 0. The SMILES string of the molecule is COc1cc(C(=O)N2C[C@@H]3C(NC(=O)Cc4ccccc4Cc4ccc(F)cc4)[C@@H]3C2)cc(OC)c1C. The summed E-state index contributed by atoms with van der Waals surface area (Å²) in [4.78, 5) is 27.9. The van der Waals surface area contributed by atoms with Gasteiger partial charge in [0.25, 0.3) is 5.91 Å². The van der Waals surface area contributed by atoms with Crippen LogP contribution < -0.4 is 14.8 Å². The maximum absolute atomic E-state index is 13.2. The summed E-state index contributed by atoms with van der Waals surface area (Å²) in [6, 6.07) is 17.9. The minimum absolute atomic E-state index is 0.0168. The number of methoxy groups -OCH3 is 2. The zero-order chi connectivity index (χ0) is 26.1. The van der Waals surface area contributed by atoms with Crippen molar-refractivity contribution >= 4 is 11.8 Å². The van der Waals surface area contributed by atoms with Crippen LogP contribution in [0.3, 0.4) is 0 Å². The minimum Gasteiger partial charge on any atom is -0.496 e. The third-order valence-electron chi connectivity index (χ3n) is 7.59. The van der Waals surface area contributed by atoms with Gasteiger partial charge in [0.2, 0.25) is 5.91 Å². The van der Waals surface area contributed by atoms with Crippen LogP contribution in [0, 0.1) is 24.6 Å². The van der Waals surface area contributed by atoms with Crippen molar-refractivity contribution in [3.8, 4) is 11.5 Å². The predicted molar refractivity (Wildman–Crippen MR) is 138 cm³/mol. The van der Waals surface area contributed by atoms with E-state index in [4.69, 9.17) is 9.47 Å². The highest BCUT2D eigenvalue weighted by Crippen LogP contribution is 2.46. The zero-order valence-corrected chi connectivity index (χ0v) is 21.3. The highest BCUT2D eigenvalue weighted by Gasteiger charge is 2.57. The summed E-state index contributed by atoms with van der Waals surface area (Å²) in [5.41, 5.74) is 4.42. The Labute approximate surface area is 216 Å². The van der Waals surface area contributed by atoms with Crippen molar-refractivity contribution < 1.29 is 23.5 Å². The van der Waals surface area contributed by atoms with Gasteiger partial charge in [-0.3, -0.25) is 9.59 Å². The fraction of sp³-hybridized carbons (Fsp3) is 0.333. The third kappa shape index (κ3) is 5.17. The summed E-state index contributed by atoms with van der Waals surface area (Å²) in [5, 5.41) is 3.18. The van der Waals surface area contributed by atoms with Gasteiger partial charge in [0.1, 0.15) is 17.3 Å². The number of ether oxygens (including phenoxy) is 2. The van der Waals surface area contributed by atoms with Gasteiger partial charge in [-0.25, -0.2) is 4.39 Å². The largest absolute Gasteiger partial charge is 0.496 e. The van der Waals surface area contributed by atoms with Crippen LogP contribution in [0.1, 0.15) is 32.6 Å². The van der Waals surface area contributed by atoms with Crippen molar-refractivity contribution in [3.63, 3.8) is 0 Å². The number of benzene rings is 3. The van der Waals surface area contributed by atoms with Crippen LogP contribution in [-0.2, 0) is 17.6 Å². The molecule has 0 spiro atoms. The first kappa shape index (κ1) is 24.8. The Kier molecular flexibility index (Phi) is 6.87. The first-order valence-electron chi connectivity index (χ1n) is 12.5. The number of carbonyl (C=O) groups is 2. The molecule has 1 saturated heterocycles. The van der Waals surface area contributed by atoms with Gasteiger partial charge in [0.15, 0.2) is 0 Å². The second-order valence-corrected chi connectivity index (χ2v) is 9.89. The fourth-order valence-corrected chi connectivity index (χ4v) is 5.43. The minimum atomic E-state index is -0.259. The Balaban J connectivity index is 1.17. The van der Waals surface area contributed by atoms with E-state index in [0.717, 1.165) is 22.3 Å². The molecule has 0 radical (unpaired) electrons. The highest BCUT2D eigenvalue weighted by molar-refractivity contribution is 5.95. The van der Waals surface area contributed by atoms with Gasteiger partial charge >= 0.3 is 0 Å². The molecule has 1 unspecified atom stereocenters. The molecule has 2 amide bonds. The van der Waals surface area contributed by atoms with Crippen molar-refractivity contribution in [2.45, 2.75) is 25.8 Å². The van der Waals surface area contributed by atoms with Gasteiger partial charge in [-0.15, -0.1) is 0 Å². The topological polar surface area (TPSA) is 67.9 Å². The molecule has 1 heterocycles. The van der Waals surface area contributed by atoms with Crippen molar-refractivity contribution in [2.75, 3.05) is 27.3 Å². The number of piperidine rings is 1. The van der Waals surface area contributed by atoms with Gasteiger partial charge in [-0.2, -0.15) is 0 Å². The number of fused-ring (bicyclic) bond motifs is 1. The van der Waals surface area contributed by atoms with Crippen molar-refractivity contribution in [3.05, 3.63) is 94.3 Å². The summed E-state index contributed by atoms with van der Waals surface area (Å²) in [5.74, 6) is 1.47. The molecule has 2 fully saturated rings. The Hall–Kier alpha value is -3.87. The van der Waals surface area contributed by atoms with Crippen molar-refractivity contribution in [1.82, 2.24) is 10.2 Å². The molecule has 0 aromatic heterocycles. The molecule has 6 nitrogen and oxygen atoms in total. The quantitative estimate of drug-likeness (QED) is 0.502. The molecular formula is C30H31FN2O4. The first-order chi connectivity index (χ1) is 17.9. The van der Waals surface area contributed by atoms with Crippen molar-refractivity contribution in [1.29, 1.82) is 0 Å². The Morgan fingerprint density at radius 1 is 0.946 bits per heavy atom. The van der Waals surface area contributed by atoms with E-state index in [9.17, 15) is 14.0 Å². The van der Waals surface area contributed by atoms with Gasteiger partial charge in [-0.05, 0) is 54.3 Å². The molecule has 5 rings (SSSR count). The maximum atomic E-state index is 13.2. The number of carbonyl (C=O) groups excluding carboxylic acids is 2. The van der Waals surface area contributed by atoms with Crippen molar-refractivity contribution in [2.24, 2.45) is 11.8 Å². The summed E-state index contributed by atoms with van der Waals surface area (Å²) in [6.45, 7) is 3.13. The normalized spacial score (nSPS) is 19.8. The van der Waals surface area contributed by atoms with E-state index >= 15 is 0 Å². The van der Waals surface area contributed by atoms with Gasteiger partial charge in [-0.1, -0.05) is 36.4 Å². The van der Waals surface area contributed by atoms with E-state index in [1.54, 1.807) is 38.5 Å². The van der Waals surface area contributed by atoms with Gasteiger partial charge < -0.3 is 19.7 Å². The summed E-state index contributed by atoms with van der Waals surface area (Å²) in [7, 11) is 3.16. The molecule has 1 aliphatic heterocycles. The van der Waals surface area contributed by atoms with Gasteiger partial charge in [0.05, 0.1) is 20.6 Å². The standard InChI is InChI=1S/C30H31FN2O4/c1-18-26(36-2)13-22(14-27(18)37-3)30(35)33-16-24-25(17-33)29(24)32-28(34)15-21-7-5-4-6-20(21)12-19-8-10-23(31)11-9-19/h4-11,13-14,24-25,29H,12,15-17H2,1-3H3,(H,32,34)/t24-,25+,29?. The van der Waals surface area contributed by atoms with Crippen LogP contribution in [0.15, 0.2) is 60.7 Å². The Morgan fingerprint density at radius 2 is 1.54 bits per heavy atom. The number of amides is 2. The third-order valence-corrected chi connectivity index (χ3v) is 7.59. The number of nitrogens with one attached hydrogen (secondary N) is 1. The molecule has 7 heteroatoms. The van der Waals surface area contributed by atoms with Crippen LogP contribution in [0.4, 0.5) is 4.39 Å². The fourth-order valence-electron chi connectivity index (χ4n) is 5.43. The van der Waals surface area contributed by atoms with Gasteiger partial charge in [0, 0.05) is 42.1 Å². The van der Waals surface area contributed by atoms with Crippen LogP contribution >= 0.6 is 0 Å². The molecule has 2 aliphatic rings. The lowest BCUT2D eigenvalue weighted by molar-refractivity contribution is -0.120. The van der Waals surface area contributed by atoms with E-state index in [0.29, 0.717) is 43.0 Å². The molecule has 3 aromatic rings. The molecule has 3 aromatic carbocycles. The van der Waals surface area contributed by atoms with Crippen LogP contribution in [-0.4, -0.2) is 50.1 Å². The molecule has 0 bridgehead atoms. The van der Waals surface area contributed by atoms with Crippen LogP contribution in [0.25, 0.3) is 0 Å².